The van der Waals surface area contributed by atoms with Crippen LogP contribution in [0, 0.1) is 0 Å². The highest BCUT2D eigenvalue weighted by atomic mass is 16.5. The van der Waals surface area contributed by atoms with E-state index in [1.165, 1.54) is 4.68 Å². The van der Waals surface area contributed by atoms with Crippen LogP contribution in [0.4, 0.5) is 0 Å². The third-order valence-corrected chi connectivity index (χ3v) is 6.24. The first-order chi connectivity index (χ1) is 17.0. The van der Waals surface area contributed by atoms with Gasteiger partial charge in [0.15, 0.2) is 5.69 Å². The molecule has 1 fully saturated rings. The predicted octanol–water partition coefficient (Wildman–Crippen LogP) is 2.86. The van der Waals surface area contributed by atoms with Crippen LogP contribution < -0.4 is 11.1 Å². The van der Waals surface area contributed by atoms with Gasteiger partial charge in [0, 0.05) is 25.1 Å². The molecule has 1 N–H and O–H groups in total. The second-order valence-corrected chi connectivity index (χ2v) is 8.77. The van der Waals surface area contributed by atoms with E-state index in [-0.39, 0.29) is 35.4 Å². The number of amides is 1. The van der Waals surface area contributed by atoms with Crippen LogP contribution in [0.25, 0.3) is 21.7 Å². The molecule has 0 spiro atoms. The zero-order chi connectivity index (χ0) is 24.4. The lowest BCUT2D eigenvalue weighted by atomic mass is 10.1. The fraction of sp³-hybridized carbons (Fsp3) is 0.346. The van der Waals surface area contributed by atoms with Crippen LogP contribution in [0.5, 0.6) is 0 Å². The normalized spacial score (nSPS) is 15.6. The number of rotatable bonds is 7. The average Bonchev–Trinajstić information content (AvgIpc) is 3.38. The first kappa shape index (κ1) is 22.9. The number of aromatic amines is 1. The van der Waals surface area contributed by atoms with E-state index in [0.717, 1.165) is 12.8 Å². The monoisotopic (exact) mass is 473 g/mol. The summed E-state index contributed by atoms with van der Waals surface area (Å²) in [6, 6.07) is 14.1. The maximum absolute atomic E-state index is 13.9. The minimum atomic E-state index is -0.336. The van der Waals surface area contributed by atoms with Crippen LogP contribution in [0.2, 0.25) is 0 Å². The molecule has 9 heteroatoms. The summed E-state index contributed by atoms with van der Waals surface area (Å²) in [5.74, 6) is 0.0450. The molecule has 1 aliphatic rings. The zero-order valence-corrected chi connectivity index (χ0v) is 19.6. The van der Waals surface area contributed by atoms with Crippen molar-refractivity contribution in [2.45, 2.75) is 45.4 Å². The predicted molar refractivity (Wildman–Crippen MR) is 132 cm³/mol. The lowest BCUT2D eigenvalue weighted by Crippen LogP contribution is -2.39. The topological polar surface area (TPSA) is 110 Å². The minimum absolute atomic E-state index is 0.0850. The number of para-hydroxylation sites is 1. The Morgan fingerprint density at radius 1 is 1.11 bits per heavy atom. The number of nitrogens with zero attached hydrogens (tertiary/aromatic N) is 4. The van der Waals surface area contributed by atoms with E-state index < -0.39 is 0 Å². The number of ether oxygens (including phenoxy) is 1. The number of hydrogen-bond acceptors (Lipinski definition) is 6. The van der Waals surface area contributed by atoms with Gasteiger partial charge in [-0.3, -0.25) is 14.4 Å². The molecule has 1 aliphatic heterocycles. The molecular formula is C26H27N5O4. The van der Waals surface area contributed by atoms with Gasteiger partial charge in [-0.05, 0) is 37.5 Å². The van der Waals surface area contributed by atoms with E-state index in [1.54, 1.807) is 47.4 Å². The van der Waals surface area contributed by atoms with E-state index >= 15 is 0 Å². The van der Waals surface area contributed by atoms with Crippen LogP contribution >= 0.6 is 0 Å². The first-order valence-corrected chi connectivity index (χ1v) is 11.9. The number of aromatic nitrogens is 4. The molecule has 1 saturated heterocycles. The quantitative estimate of drug-likeness (QED) is 0.442. The molecule has 1 amide bonds. The number of carbonyl (C=O) groups is 1. The van der Waals surface area contributed by atoms with Gasteiger partial charge in [-0.15, -0.1) is 0 Å². The number of nitrogens with one attached hydrogen (secondary N) is 1. The highest BCUT2D eigenvalue weighted by Gasteiger charge is 2.27. The number of hydrogen-bond donors (Lipinski definition) is 1. The Bertz CT molecular complexity index is 1500. The van der Waals surface area contributed by atoms with Crippen molar-refractivity contribution in [2.24, 2.45) is 0 Å². The molecule has 180 valence electrons. The van der Waals surface area contributed by atoms with Gasteiger partial charge in [0.25, 0.3) is 17.0 Å². The van der Waals surface area contributed by atoms with Gasteiger partial charge in [-0.1, -0.05) is 37.3 Å². The molecule has 0 bridgehead atoms. The van der Waals surface area contributed by atoms with Crippen LogP contribution in [0.1, 0.15) is 42.5 Å². The van der Waals surface area contributed by atoms with E-state index in [2.05, 4.69) is 15.1 Å². The molecular weight excluding hydrogens is 446 g/mol. The molecule has 4 aromatic rings. The SMILES string of the molecule is CCCn1nc(C(=O)N(Cc2nc3ccccc3c(=O)[nH]2)CC2CCCO2)c2ccccc2c1=O. The second kappa shape index (κ2) is 9.79. The Morgan fingerprint density at radius 2 is 1.86 bits per heavy atom. The zero-order valence-electron chi connectivity index (χ0n) is 19.6. The van der Waals surface area contributed by atoms with Crippen molar-refractivity contribution < 1.29 is 9.53 Å². The Morgan fingerprint density at radius 3 is 2.60 bits per heavy atom. The summed E-state index contributed by atoms with van der Waals surface area (Å²) in [4.78, 5) is 48.5. The summed E-state index contributed by atoms with van der Waals surface area (Å²) >= 11 is 0. The number of H-pyrrole nitrogens is 1. The smallest absolute Gasteiger partial charge is 0.275 e. The molecule has 2 aromatic heterocycles. The Balaban J connectivity index is 1.58. The maximum Gasteiger partial charge on any atom is 0.275 e. The largest absolute Gasteiger partial charge is 0.376 e. The van der Waals surface area contributed by atoms with E-state index in [1.807, 2.05) is 13.0 Å². The van der Waals surface area contributed by atoms with Crippen molar-refractivity contribution in [2.75, 3.05) is 13.2 Å². The van der Waals surface area contributed by atoms with E-state index in [9.17, 15) is 14.4 Å². The number of benzene rings is 2. The van der Waals surface area contributed by atoms with Crippen molar-refractivity contribution in [1.82, 2.24) is 24.6 Å². The summed E-state index contributed by atoms with van der Waals surface area (Å²) in [7, 11) is 0. The van der Waals surface area contributed by atoms with Gasteiger partial charge >= 0.3 is 0 Å². The standard InChI is InChI=1S/C26H27N5O4/c1-2-13-31-25(33)19-10-4-3-9-18(19)23(29-31)26(34)30(15-17-8-7-14-35-17)16-22-27-21-12-6-5-11-20(21)24(32)28-22/h3-6,9-12,17H,2,7-8,13-16H2,1H3,(H,27,28,32). The second-order valence-electron chi connectivity index (χ2n) is 8.77. The third kappa shape index (κ3) is 4.59. The van der Waals surface area contributed by atoms with Crippen molar-refractivity contribution in [3.8, 4) is 0 Å². The minimum Gasteiger partial charge on any atom is -0.376 e. The Labute approximate surface area is 201 Å². The summed E-state index contributed by atoms with van der Waals surface area (Å²) in [5.41, 5.74) is 0.297. The van der Waals surface area contributed by atoms with Gasteiger partial charge < -0.3 is 14.6 Å². The van der Waals surface area contributed by atoms with Gasteiger partial charge in [0.2, 0.25) is 0 Å². The Kier molecular flexibility index (Phi) is 6.41. The van der Waals surface area contributed by atoms with Gasteiger partial charge in [0.05, 0.1) is 28.9 Å². The lowest BCUT2D eigenvalue weighted by Gasteiger charge is -2.25. The van der Waals surface area contributed by atoms with Crippen LogP contribution in [-0.2, 0) is 17.8 Å². The molecule has 0 saturated carbocycles. The molecule has 0 radical (unpaired) electrons. The van der Waals surface area contributed by atoms with Crippen molar-refractivity contribution in [1.29, 1.82) is 0 Å². The fourth-order valence-electron chi connectivity index (χ4n) is 4.55. The highest BCUT2D eigenvalue weighted by Crippen LogP contribution is 2.20. The maximum atomic E-state index is 13.9. The number of fused-ring (bicyclic) bond motifs is 2. The van der Waals surface area contributed by atoms with Gasteiger partial charge in [-0.25, -0.2) is 9.67 Å². The summed E-state index contributed by atoms with van der Waals surface area (Å²) in [5, 5.41) is 5.93. The van der Waals surface area contributed by atoms with Crippen LogP contribution in [0.3, 0.4) is 0 Å². The summed E-state index contributed by atoms with van der Waals surface area (Å²) < 4.78 is 7.17. The first-order valence-electron chi connectivity index (χ1n) is 11.9. The fourth-order valence-corrected chi connectivity index (χ4v) is 4.55. The average molecular weight is 474 g/mol. The van der Waals surface area contributed by atoms with Crippen molar-refractivity contribution in [3.05, 3.63) is 80.8 Å². The molecule has 3 heterocycles. The molecule has 5 rings (SSSR count). The molecule has 35 heavy (non-hydrogen) atoms. The lowest BCUT2D eigenvalue weighted by molar-refractivity contribution is 0.0496. The van der Waals surface area contributed by atoms with Crippen molar-refractivity contribution >= 4 is 27.6 Å². The molecule has 1 atom stereocenters. The third-order valence-electron chi connectivity index (χ3n) is 6.24. The molecule has 1 unspecified atom stereocenters. The highest BCUT2D eigenvalue weighted by molar-refractivity contribution is 6.04. The van der Waals surface area contributed by atoms with Crippen LogP contribution in [0.15, 0.2) is 58.1 Å². The van der Waals surface area contributed by atoms with Gasteiger partial charge in [-0.2, -0.15) is 5.10 Å². The van der Waals surface area contributed by atoms with Crippen molar-refractivity contribution in [3.63, 3.8) is 0 Å². The van der Waals surface area contributed by atoms with E-state index in [4.69, 9.17) is 4.74 Å². The summed E-state index contributed by atoms with van der Waals surface area (Å²) in [6.45, 7) is 3.44. The molecule has 9 nitrogen and oxygen atoms in total. The van der Waals surface area contributed by atoms with Gasteiger partial charge in [0.1, 0.15) is 5.82 Å². The summed E-state index contributed by atoms with van der Waals surface area (Å²) in [6.07, 6.45) is 2.37. The number of aryl methyl sites for hydroxylation is 1. The Hall–Kier alpha value is -3.85. The molecule has 2 aromatic carbocycles. The molecule has 0 aliphatic carbocycles. The van der Waals surface area contributed by atoms with Crippen LogP contribution in [-0.4, -0.2) is 49.8 Å². The van der Waals surface area contributed by atoms with E-state index in [0.29, 0.717) is 53.6 Å². The number of carbonyl (C=O) groups excluding carboxylic acids is 1.